The second-order valence-corrected chi connectivity index (χ2v) is 8.22. The maximum atomic E-state index is 6.16. The molecule has 0 aliphatic carbocycles. The highest BCUT2D eigenvalue weighted by molar-refractivity contribution is 8.21. The quantitative estimate of drug-likeness (QED) is 0.273. The SMILES string of the molecule is C=CC(SCl)C(/C=C(\C)C(=C)/C(=C\c1ccccc1C)CC)=C(\CC)C(=C)C. The molecule has 0 saturated heterocycles. The maximum Gasteiger partial charge on any atom is 0.0629 e. The summed E-state index contributed by atoms with van der Waals surface area (Å²) in [7, 11) is 7.44. The van der Waals surface area contributed by atoms with E-state index >= 15 is 0 Å². The lowest BCUT2D eigenvalue weighted by molar-refractivity contribution is 1.06. The van der Waals surface area contributed by atoms with Gasteiger partial charge in [-0.3, -0.25) is 0 Å². The molecule has 0 amide bonds. The zero-order valence-corrected chi connectivity index (χ0v) is 19.5. The minimum atomic E-state index is 0.0153. The Morgan fingerprint density at radius 2 is 1.79 bits per heavy atom. The van der Waals surface area contributed by atoms with Gasteiger partial charge in [0.15, 0.2) is 0 Å². The number of rotatable bonds is 10. The van der Waals surface area contributed by atoms with Crippen LogP contribution in [-0.2, 0) is 0 Å². The molecule has 0 fully saturated rings. The summed E-state index contributed by atoms with van der Waals surface area (Å²) in [5, 5.41) is 0.0153. The van der Waals surface area contributed by atoms with Crippen molar-refractivity contribution in [2.75, 3.05) is 0 Å². The van der Waals surface area contributed by atoms with Crippen LogP contribution in [0, 0.1) is 6.92 Å². The highest BCUT2D eigenvalue weighted by Crippen LogP contribution is 2.33. The Morgan fingerprint density at radius 3 is 2.25 bits per heavy atom. The molecule has 0 nitrogen and oxygen atoms in total. The van der Waals surface area contributed by atoms with E-state index in [2.05, 4.69) is 83.8 Å². The van der Waals surface area contributed by atoms with Crippen LogP contribution in [0.2, 0.25) is 0 Å². The fourth-order valence-corrected chi connectivity index (χ4v) is 4.10. The number of hydrogen-bond acceptors (Lipinski definition) is 1. The van der Waals surface area contributed by atoms with Crippen molar-refractivity contribution in [3.8, 4) is 0 Å². The van der Waals surface area contributed by atoms with Crippen LogP contribution in [0.1, 0.15) is 51.7 Å². The molecule has 1 unspecified atom stereocenters. The highest BCUT2D eigenvalue weighted by atomic mass is 35.7. The third-order valence-electron chi connectivity index (χ3n) is 4.97. The first kappa shape index (κ1) is 24.3. The maximum absolute atomic E-state index is 6.16. The van der Waals surface area contributed by atoms with Crippen LogP contribution in [0.4, 0.5) is 0 Å². The van der Waals surface area contributed by atoms with Gasteiger partial charge >= 0.3 is 0 Å². The summed E-state index contributed by atoms with van der Waals surface area (Å²) >= 11 is 0. The van der Waals surface area contributed by atoms with Crippen LogP contribution in [-0.4, -0.2) is 5.25 Å². The van der Waals surface area contributed by atoms with E-state index in [0.29, 0.717) is 0 Å². The molecule has 1 rings (SSSR count). The molecule has 0 aromatic heterocycles. The van der Waals surface area contributed by atoms with Gasteiger partial charge in [0.2, 0.25) is 0 Å². The smallest absolute Gasteiger partial charge is 0.0629 e. The molecule has 1 atom stereocenters. The predicted molar refractivity (Wildman–Crippen MR) is 132 cm³/mol. The third kappa shape index (κ3) is 6.43. The first-order valence-corrected chi connectivity index (χ1v) is 11.4. The summed E-state index contributed by atoms with van der Waals surface area (Å²) < 4.78 is 0. The molecule has 1 aromatic rings. The molecule has 0 N–H and O–H groups in total. The second kappa shape index (κ2) is 12.0. The summed E-state index contributed by atoms with van der Waals surface area (Å²) in [6.45, 7) is 23.1. The summed E-state index contributed by atoms with van der Waals surface area (Å²) in [6.07, 6.45) is 8.18. The van der Waals surface area contributed by atoms with E-state index in [9.17, 15) is 0 Å². The van der Waals surface area contributed by atoms with Gasteiger partial charge in [-0.1, -0.05) is 75.1 Å². The Balaban J connectivity index is 3.44. The van der Waals surface area contributed by atoms with E-state index in [0.717, 1.165) is 35.1 Å². The monoisotopic (exact) mass is 412 g/mol. The molecule has 28 heavy (non-hydrogen) atoms. The lowest BCUT2D eigenvalue weighted by Crippen LogP contribution is -2.05. The zero-order valence-electron chi connectivity index (χ0n) is 17.9. The van der Waals surface area contributed by atoms with Gasteiger partial charge in [-0.15, -0.1) is 6.58 Å². The molecular formula is C26H33ClS. The summed E-state index contributed by atoms with van der Waals surface area (Å²) in [4.78, 5) is 0. The predicted octanol–water partition coefficient (Wildman–Crippen LogP) is 9.02. The van der Waals surface area contributed by atoms with E-state index in [4.69, 9.17) is 10.7 Å². The van der Waals surface area contributed by atoms with Crippen LogP contribution >= 0.6 is 21.7 Å². The first-order chi connectivity index (χ1) is 13.3. The van der Waals surface area contributed by atoms with Crippen molar-refractivity contribution in [3.05, 3.63) is 101 Å². The van der Waals surface area contributed by atoms with E-state index in [1.807, 2.05) is 13.0 Å². The number of hydrogen-bond donors (Lipinski definition) is 0. The Kier molecular flexibility index (Phi) is 10.4. The van der Waals surface area contributed by atoms with Crippen LogP contribution < -0.4 is 0 Å². The van der Waals surface area contributed by atoms with Gasteiger partial charge in [0.25, 0.3) is 0 Å². The number of allylic oxidation sites excluding steroid dienone is 6. The van der Waals surface area contributed by atoms with Crippen molar-refractivity contribution in [2.45, 2.75) is 52.7 Å². The van der Waals surface area contributed by atoms with E-state index in [-0.39, 0.29) is 5.25 Å². The standard InChI is InChI=1S/C26H33ClS/c1-9-22(17-23-15-13-12-14-19(23)6)21(8)20(7)16-25(26(11-3)28-27)24(10-2)18(4)5/h11-17,26H,3-4,8-10H2,1-2,5-7H3/b20-16+,22-17-,25-24+. The van der Waals surface area contributed by atoms with Gasteiger partial charge in [-0.25, -0.2) is 0 Å². The molecular weight excluding hydrogens is 380 g/mol. The molecule has 150 valence electrons. The average Bonchev–Trinajstić information content (AvgIpc) is 2.67. The van der Waals surface area contributed by atoms with Crippen molar-refractivity contribution in [2.24, 2.45) is 0 Å². The number of aryl methyl sites for hydroxylation is 1. The molecule has 0 bridgehead atoms. The molecule has 0 radical (unpaired) electrons. The van der Waals surface area contributed by atoms with Gasteiger partial charge in [0.1, 0.15) is 0 Å². The van der Waals surface area contributed by atoms with Crippen LogP contribution in [0.25, 0.3) is 6.08 Å². The second-order valence-electron chi connectivity index (χ2n) is 7.00. The fourth-order valence-electron chi connectivity index (χ4n) is 3.22. The molecule has 0 aliphatic heterocycles. The molecule has 2 heteroatoms. The van der Waals surface area contributed by atoms with E-state index < -0.39 is 0 Å². The molecule has 1 aromatic carbocycles. The normalized spacial score (nSPS) is 14.4. The van der Waals surface area contributed by atoms with Crippen molar-refractivity contribution < 1.29 is 0 Å². The number of halogens is 1. The van der Waals surface area contributed by atoms with Gasteiger partial charge < -0.3 is 0 Å². The lowest BCUT2D eigenvalue weighted by atomic mass is 9.91. The Hall–Kier alpha value is -1.70. The van der Waals surface area contributed by atoms with Crippen molar-refractivity contribution in [3.63, 3.8) is 0 Å². The molecule has 0 heterocycles. The summed E-state index contributed by atoms with van der Waals surface area (Å²) in [6, 6.07) is 8.43. The van der Waals surface area contributed by atoms with E-state index in [1.54, 1.807) is 0 Å². The van der Waals surface area contributed by atoms with Crippen LogP contribution in [0.15, 0.2) is 89.6 Å². The van der Waals surface area contributed by atoms with Crippen LogP contribution in [0.5, 0.6) is 0 Å². The Bertz CT molecular complexity index is 821. The van der Waals surface area contributed by atoms with Crippen LogP contribution in [0.3, 0.4) is 0 Å². The van der Waals surface area contributed by atoms with Crippen molar-refractivity contribution in [1.29, 1.82) is 0 Å². The van der Waals surface area contributed by atoms with Crippen molar-refractivity contribution in [1.82, 2.24) is 0 Å². The van der Waals surface area contributed by atoms with Gasteiger partial charge in [0, 0.05) is 0 Å². The highest BCUT2D eigenvalue weighted by Gasteiger charge is 2.15. The number of benzene rings is 1. The van der Waals surface area contributed by atoms with Gasteiger partial charge in [-0.2, -0.15) is 0 Å². The Morgan fingerprint density at radius 1 is 1.14 bits per heavy atom. The first-order valence-electron chi connectivity index (χ1n) is 9.73. The van der Waals surface area contributed by atoms with Crippen molar-refractivity contribution >= 4 is 27.7 Å². The Labute approximate surface area is 181 Å². The average molecular weight is 413 g/mol. The fraction of sp³-hybridized carbons (Fsp3) is 0.308. The van der Waals surface area contributed by atoms with Gasteiger partial charge in [-0.05, 0) is 94.3 Å². The zero-order chi connectivity index (χ0) is 21.3. The summed E-state index contributed by atoms with van der Waals surface area (Å²) in [5.74, 6) is 0. The van der Waals surface area contributed by atoms with Gasteiger partial charge in [0.05, 0.1) is 5.25 Å². The summed E-state index contributed by atoms with van der Waals surface area (Å²) in [5.41, 5.74) is 9.40. The van der Waals surface area contributed by atoms with E-state index in [1.165, 1.54) is 33.2 Å². The molecule has 0 saturated carbocycles. The lowest BCUT2D eigenvalue weighted by Gasteiger charge is -2.19. The molecule has 0 spiro atoms. The minimum absolute atomic E-state index is 0.0153. The minimum Gasteiger partial charge on any atom is -0.102 e. The third-order valence-corrected chi connectivity index (χ3v) is 6.18. The topological polar surface area (TPSA) is 0 Å². The molecule has 0 aliphatic rings. The largest absolute Gasteiger partial charge is 0.102 e.